The van der Waals surface area contributed by atoms with Crippen molar-refractivity contribution in [3.8, 4) is 0 Å². The van der Waals surface area contributed by atoms with Crippen LogP contribution in [0.5, 0.6) is 0 Å². The minimum Gasteiger partial charge on any atom is -0.326 e. The van der Waals surface area contributed by atoms with Gasteiger partial charge in [-0.2, -0.15) is 0 Å². The highest BCUT2D eigenvalue weighted by Crippen LogP contribution is 2.17. The van der Waals surface area contributed by atoms with Crippen LogP contribution < -0.4 is 5.73 Å². The molecule has 2 rings (SSSR count). The summed E-state index contributed by atoms with van der Waals surface area (Å²) in [5.74, 6) is -0.129. The van der Waals surface area contributed by atoms with E-state index >= 15 is 0 Å². The molecule has 1 atom stereocenters. The van der Waals surface area contributed by atoms with Gasteiger partial charge in [0, 0.05) is 49.9 Å². The summed E-state index contributed by atoms with van der Waals surface area (Å²) in [6.07, 6.45) is 0. The molecular weight excluding hydrogens is 241 g/mol. The van der Waals surface area contributed by atoms with Gasteiger partial charge < -0.3 is 5.73 Å². The largest absolute Gasteiger partial charge is 0.326 e. The predicted octanol–water partition coefficient (Wildman–Crippen LogP) is 1.81. The first kappa shape index (κ1) is 14.4. The second-order valence-corrected chi connectivity index (χ2v) is 5.31. The van der Waals surface area contributed by atoms with Gasteiger partial charge in [-0.3, -0.25) is 9.80 Å². The third kappa shape index (κ3) is 3.32. The SMILES string of the molecule is CCN1CCN(Cc2cccc(CN)c2F)CC1C. The molecule has 0 aliphatic carbocycles. The number of benzene rings is 1. The Hall–Kier alpha value is -0.970. The number of nitrogens with zero attached hydrogens (tertiary/aromatic N) is 2. The Morgan fingerprint density at radius 2 is 2.05 bits per heavy atom. The minimum absolute atomic E-state index is 0.129. The molecule has 1 aromatic rings. The Labute approximate surface area is 115 Å². The molecule has 2 N–H and O–H groups in total. The topological polar surface area (TPSA) is 32.5 Å². The molecule has 0 radical (unpaired) electrons. The molecule has 106 valence electrons. The summed E-state index contributed by atoms with van der Waals surface area (Å²) in [5.41, 5.74) is 6.92. The van der Waals surface area contributed by atoms with Gasteiger partial charge >= 0.3 is 0 Å². The van der Waals surface area contributed by atoms with E-state index in [9.17, 15) is 4.39 Å². The predicted molar refractivity (Wildman–Crippen MR) is 76.3 cm³/mol. The Morgan fingerprint density at radius 3 is 2.68 bits per heavy atom. The van der Waals surface area contributed by atoms with Gasteiger partial charge in [0.2, 0.25) is 0 Å². The van der Waals surface area contributed by atoms with E-state index in [-0.39, 0.29) is 12.4 Å². The van der Waals surface area contributed by atoms with Crippen molar-refractivity contribution < 1.29 is 4.39 Å². The van der Waals surface area contributed by atoms with Gasteiger partial charge in [-0.25, -0.2) is 4.39 Å². The highest BCUT2D eigenvalue weighted by molar-refractivity contribution is 5.26. The van der Waals surface area contributed by atoms with E-state index < -0.39 is 0 Å². The van der Waals surface area contributed by atoms with Crippen molar-refractivity contribution in [2.24, 2.45) is 5.73 Å². The minimum atomic E-state index is -0.129. The third-order valence-corrected chi connectivity index (χ3v) is 4.03. The van der Waals surface area contributed by atoms with E-state index in [0.717, 1.165) is 31.7 Å². The lowest BCUT2D eigenvalue weighted by Gasteiger charge is -2.39. The fraction of sp³-hybridized carbons (Fsp3) is 0.600. The molecule has 1 fully saturated rings. The van der Waals surface area contributed by atoms with E-state index in [2.05, 4.69) is 23.6 Å². The monoisotopic (exact) mass is 265 g/mol. The summed E-state index contributed by atoms with van der Waals surface area (Å²) in [6.45, 7) is 9.53. The Bertz CT molecular complexity index is 422. The van der Waals surface area contributed by atoms with Crippen LogP contribution in [0, 0.1) is 5.82 Å². The maximum absolute atomic E-state index is 14.2. The lowest BCUT2D eigenvalue weighted by molar-refractivity contribution is 0.0827. The van der Waals surface area contributed by atoms with E-state index in [1.165, 1.54) is 0 Å². The molecule has 1 heterocycles. The Kier molecular flexibility index (Phi) is 4.91. The Balaban J connectivity index is 2.02. The summed E-state index contributed by atoms with van der Waals surface area (Å²) in [4.78, 5) is 4.79. The summed E-state index contributed by atoms with van der Waals surface area (Å²) in [6, 6.07) is 6.06. The normalized spacial score (nSPS) is 21.8. The molecule has 3 nitrogen and oxygen atoms in total. The molecule has 4 heteroatoms. The number of nitrogens with two attached hydrogens (primary N) is 1. The molecule has 1 aromatic carbocycles. The van der Waals surface area contributed by atoms with Crippen LogP contribution in [0.25, 0.3) is 0 Å². The molecular formula is C15H24FN3. The van der Waals surface area contributed by atoms with Crippen molar-refractivity contribution in [1.29, 1.82) is 0 Å². The summed E-state index contributed by atoms with van der Waals surface area (Å²) in [5, 5.41) is 0. The van der Waals surface area contributed by atoms with Crippen molar-refractivity contribution in [1.82, 2.24) is 9.80 Å². The zero-order chi connectivity index (χ0) is 13.8. The second-order valence-electron chi connectivity index (χ2n) is 5.31. The van der Waals surface area contributed by atoms with Crippen molar-refractivity contribution in [2.75, 3.05) is 26.2 Å². The number of rotatable bonds is 4. The number of halogens is 1. The zero-order valence-corrected chi connectivity index (χ0v) is 11.9. The molecule has 0 aromatic heterocycles. The first-order valence-electron chi connectivity index (χ1n) is 7.08. The molecule has 1 aliphatic rings. The fourth-order valence-electron chi connectivity index (χ4n) is 2.84. The average Bonchev–Trinajstić information content (AvgIpc) is 2.41. The summed E-state index contributed by atoms with van der Waals surface area (Å²) in [7, 11) is 0. The number of hydrogen-bond donors (Lipinski definition) is 1. The molecule has 0 saturated carbocycles. The van der Waals surface area contributed by atoms with Crippen LogP contribution in [0.4, 0.5) is 4.39 Å². The highest BCUT2D eigenvalue weighted by atomic mass is 19.1. The van der Waals surface area contributed by atoms with Crippen LogP contribution >= 0.6 is 0 Å². The first-order chi connectivity index (χ1) is 9.15. The number of piperazine rings is 1. The number of likely N-dealkylation sites (N-methyl/N-ethyl adjacent to an activating group) is 1. The van der Waals surface area contributed by atoms with E-state index in [0.29, 0.717) is 18.2 Å². The van der Waals surface area contributed by atoms with Crippen LogP contribution in [0.2, 0.25) is 0 Å². The molecule has 0 bridgehead atoms. The zero-order valence-electron chi connectivity index (χ0n) is 11.9. The highest BCUT2D eigenvalue weighted by Gasteiger charge is 2.23. The van der Waals surface area contributed by atoms with Crippen molar-refractivity contribution in [3.05, 3.63) is 35.1 Å². The molecule has 1 unspecified atom stereocenters. The summed E-state index contributed by atoms with van der Waals surface area (Å²) < 4.78 is 14.2. The molecule has 0 spiro atoms. The standard InChI is InChI=1S/C15H24FN3/c1-3-19-8-7-18(10-12(19)2)11-14-6-4-5-13(9-17)15(14)16/h4-6,12H,3,7-11,17H2,1-2H3. The van der Waals surface area contributed by atoms with Gasteiger partial charge in [0.25, 0.3) is 0 Å². The smallest absolute Gasteiger partial charge is 0.132 e. The van der Waals surface area contributed by atoms with Gasteiger partial charge in [0.05, 0.1) is 0 Å². The first-order valence-corrected chi connectivity index (χ1v) is 7.08. The van der Waals surface area contributed by atoms with E-state index in [1.54, 1.807) is 6.07 Å². The van der Waals surface area contributed by atoms with E-state index in [4.69, 9.17) is 5.73 Å². The van der Waals surface area contributed by atoms with Crippen molar-refractivity contribution in [3.63, 3.8) is 0 Å². The lowest BCUT2D eigenvalue weighted by atomic mass is 10.1. The summed E-state index contributed by atoms with van der Waals surface area (Å²) >= 11 is 0. The number of hydrogen-bond acceptors (Lipinski definition) is 3. The van der Waals surface area contributed by atoms with Crippen molar-refractivity contribution in [2.45, 2.75) is 33.0 Å². The average molecular weight is 265 g/mol. The van der Waals surface area contributed by atoms with Crippen LogP contribution in [0.1, 0.15) is 25.0 Å². The van der Waals surface area contributed by atoms with Crippen LogP contribution in [0.3, 0.4) is 0 Å². The quantitative estimate of drug-likeness (QED) is 0.901. The maximum atomic E-state index is 14.2. The lowest BCUT2D eigenvalue weighted by Crippen LogP contribution is -2.51. The fourth-order valence-corrected chi connectivity index (χ4v) is 2.84. The van der Waals surface area contributed by atoms with Crippen LogP contribution in [-0.4, -0.2) is 42.0 Å². The van der Waals surface area contributed by atoms with Gasteiger partial charge in [-0.05, 0) is 13.5 Å². The van der Waals surface area contributed by atoms with Crippen LogP contribution in [-0.2, 0) is 13.1 Å². The maximum Gasteiger partial charge on any atom is 0.132 e. The molecule has 0 amide bonds. The van der Waals surface area contributed by atoms with Crippen LogP contribution in [0.15, 0.2) is 18.2 Å². The second kappa shape index (κ2) is 6.46. The molecule has 1 saturated heterocycles. The third-order valence-electron chi connectivity index (χ3n) is 4.03. The Morgan fingerprint density at radius 1 is 1.32 bits per heavy atom. The molecule has 1 aliphatic heterocycles. The van der Waals surface area contributed by atoms with Gasteiger partial charge in [-0.15, -0.1) is 0 Å². The van der Waals surface area contributed by atoms with Crippen molar-refractivity contribution >= 4 is 0 Å². The van der Waals surface area contributed by atoms with Gasteiger partial charge in [0.15, 0.2) is 0 Å². The molecule has 19 heavy (non-hydrogen) atoms. The van der Waals surface area contributed by atoms with Gasteiger partial charge in [-0.1, -0.05) is 25.1 Å². The van der Waals surface area contributed by atoms with Gasteiger partial charge in [0.1, 0.15) is 5.82 Å². The van der Waals surface area contributed by atoms with E-state index in [1.807, 2.05) is 12.1 Å².